The fourth-order valence-electron chi connectivity index (χ4n) is 2.67. The Labute approximate surface area is 115 Å². The third-order valence-electron chi connectivity index (χ3n) is 4.02. The molecule has 3 heteroatoms. The number of carbonyl (C=O) groups excluding carboxylic acids is 1. The fraction of sp³-hybridized carbons (Fsp3) is 0.562. The summed E-state index contributed by atoms with van der Waals surface area (Å²) in [5.74, 6) is 0.107. The Morgan fingerprint density at radius 3 is 2.68 bits per heavy atom. The molecule has 3 nitrogen and oxygen atoms in total. The summed E-state index contributed by atoms with van der Waals surface area (Å²) in [5.41, 5.74) is 9.32. The predicted octanol–water partition coefficient (Wildman–Crippen LogP) is 2.12. The average Bonchev–Trinajstić information content (AvgIpc) is 2.85. The van der Waals surface area contributed by atoms with E-state index in [1.54, 1.807) is 4.90 Å². The molecule has 1 aromatic rings. The van der Waals surface area contributed by atoms with E-state index >= 15 is 0 Å². The van der Waals surface area contributed by atoms with Crippen LogP contribution in [-0.2, 0) is 24.2 Å². The molecule has 1 amide bonds. The van der Waals surface area contributed by atoms with Gasteiger partial charge in [0.15, 0.2) is 0 Å². The van der Waals surface area contributed by atoms with Crippen molar-refractivity contribution in [3.8, 4) is 0 Å². The smallest absolute Gasteiger partial charge is 0.229 e. The van der Waals surface area contributed by atoms with Gasteiger partial charge in [0.1, 0.15) is 0 Å². The monoisotopic (exact) mass is 260 g/mol. The zero-order valence-corrected chi connectivity index (χ0v) is 12.2. The Bertz CT molecular complexity index is 480. The molecule has 104 valence electrons. The second-order valence-corrected chi connectivity index (χ2v) is 6.21. The number of benzene rings is 1. The highest BCUT2D eigenvalue weighted by Crippen LogP contribution is 2.24. The van der Waals surface area contributed by atoms with E-state index in [4.69, 9.17) is 5.73 Å². The quantitative estimate of drug-likeness (QED) is 0.901. The SMILES string of the molecule is CN(Cc1ccc2c(c1)CCC2)C(=O)C(C)(C)CN. The molecule has 0 aliphatic heterocycles. The van der Waals surface area contributed by atoms with Gasteiger partial charge in [-0.2, -0.15) is 0 Å². The largest absolute Gasteiger partial charge is 0.341 e. The number of carbonyl (C=O) groups is 1. The van der Waals surface area contributed by atoms with Crippen molar-refractivity contribution in [2.45, 2.75) is 39.7 Å². The molecule has 0 saturated heterocycles. The van der Waals surface area contributed by atoms with Gasteiger partial charge in [-0.1, -0.05) is 18.2 Å². The zero-order valence-electron chi connectivity index (χ0n) is 12.2. The second-order valence-electron chi connectivity index (χ2n) is 6.21. The van der Waals surface area contributed by atoms with Crippen LogP contribution >= 0.6 is 0 Å². The lowest BCUT2D eigenvalue weighted by Gasteiger charge is -2.28. The van der Waals surface area contributed by atoms with E-state index in [1.807, 2.05) is 20.9 Å². The number of amides is 1. The van der Waals surface area contributed by atoms with Crippen LogP contribution < -0.4 is 5.73 Å². The minimum Gasteiger partial charge on any atom is -0.341 e. The maximum atomic E-state index is 12.3. The van der Waals surface area contributed by atoms with Crippen LogP contribution in [0.15, 0.2) is 18.2 Å². The third kappa shape index (κ3) is 2.98. The van der Waals surface area contributed by atoms with Gasteiger partial charge in [0.2, 0.25) is 5.91 Å². The van der Waals surface area contributed by atoms with Gasteiger partial charge in [-0.05, 0) is 49.8 Å². The molecule has 1 aliphatic carbocycles. The number of hydrogen-bond acceptors (Lipinski definition) is 2. The van der Waals surface area contributed by atoms with Gasteiger partial charge in [0.05, 0.1) is 5.41 Å². The molecule has 0 aromatic heterocycles. The molecule has 0 radical (unpaired) electrons. The normalized spacial score (nSPS) is 14.3. The van der Waals surface area contributed by atoms with Crippen molar-refractivity contribution >= 4 is 5.91 Å². The molecular weight excluding hydrogens is 236 g/mol. The molecule has 0 unspecified atom stereocenters. The lowest BCUT2D eigenvalue weighted by Crippen LogP contribution is -2.42. The highest BCUT2D eigenvalue weighted by atomic mass is 16.2. The molecule has 0 bridgehead atoms. The van der Waals surface area contributed by atoms with Gasteiger partial charge >= 0.3 is 0 Å². The second kappa shape index (κ2) is 5.33. The van der Waals surface area contributed by atoms with Gasteiger partial charge < -0.3 is 10.6 Å². The first kappa shape index (κ1) is 14.1. The van der Waals surface area contributed by atoms with Crippen molar-refractivity contribution in [3.63, 3.8) is 0 Å². The number of aryl methyl sites for hydroxylation is 2. The Kier molecular flexibility index (Phi) is 3.95. The lowest BCUT2D eigenvalue weighted by molar-refractivity contribution is -0.139. The number of rotatable bonds is 4. The first-order chi connectivity index (χ1) is 8.94. The van der Waals surface area contributed by atoms with Crippen LogP contribution in [0.1, 0.15) is 37.0 Å². The molecule has 2 rings (SSSR count). The molecular formula is C16H24N2O. The molecule has 1 aromatic carbocycles. The predicted molar refractivity (Wildman–Crippen MR) is 77.8 cm³/mol. The minimum atomic E-state index is -0.481. The molecule has 0 heterocycles. The van der Waals surface area contributed by atoms with Gasteiger partial charge in [-0.3, -0.25) is 4.79 Å². The van der Waals surface area contributed by atoms with E-state index in [0.717, 1.165) is 0 Å². The topological polar surface area (TPSA) is 46.3 Å². The van der Waals surface area contributed by atoms with Crippen LogP contribution in [0.25, 0.3) is 0 Å². The molecule has 0 spiro atoms. The average molecular weight is 260 g/mol. The van der Waals surface area contributed by atoms with E-state index < -0.39 is 5.41 Å². The molecule has 0 saturated carbocycles. The highest BCUT2D eigenvalue weighted by molar-refractivity contribution is 5.81. The summed E-state index contributed by atoms with van der Waals surface area (Å²) in [6.07, 6.45) is 3.63. The van der Waals surface area contributed by atoms with E-state index in [9.17, 15) is 4.79 Å². The summed E-state index contributed by atoms with van der Waals surface area (Å²) in [6.45, 7) is 4.83. The van der Waals surface area contributed by atoms with Crippen molar-refractivity contribution in [2.75, 3.05) is 13.6 Å². The van der Waals surface area contributed by atoms with Gasteiger partial charge in [-0.25, -0.2) is 0 Å². The van der Waals surface area contributed by atoms with Gasteiger partial charge in [-0.15, -0.1) is 0 Å². The fourth-order valence-corrected chi connectivity index (χ4v) is 2.67. The van der Waals surface area contributed by atoms with Crippen LogP contribution in [0.3, 0.4) is 0 Å². The molecule has 0 fully saturated rings. The maximum Gasteiger partial charge on any atom is 0.229 e. The number of fused-ring (bicyclic) bond motifs is 1. The summed E-state index contributed by atoms with van der Waals surface area (Å²) < 4.78 is 0. The molecule has 0 atom stereocenters. The summed E-state index contributed by atoms with van der Waals surface area (Å²) >= 11 is 0. The van der Waals surface area contributed by atoms with E-state index in [1.165, 1.54) is 36.0 Å². The van der Waals surface area contributed by atoms with Crippen LogP contribution in [-0.4, -0.2) is 24.4 Å². The standard InChI is InChI=1S/C16H24N2O/c1-16(2,11-17)15(19)18(3)10-12-7-8-13-5-4-6-14(13)9-12/h7-9H,4-6,10-11,17H2,1-3H3. The van der Waals surface area contributed by atoms with E-state index in [-0.39, 0.29) is 5.91 Å². The summed E-state index contributed by atoms with van der Waals surface area (Å²) in [7, 11) is 1.85. The van der Waals surface area contributed by atoms with Crippen molar-refractivity contribution in [1.82, 2.24) is 4.90 Å². The first-order valence-electron chi connectivity index (χ1n) is 7.00. The number of nitrogens with two attached hydrogens (primary N) is 1. The van der Waals surface area contributed by atoms with E-state index in [2.05, 4.69) is 18.2 Å². The van der Waals surface area contributed by atoms with Crippen molar-refractivity contribution in [2.24, 2.45) is 11.1 Å². The number of hydrogen-bond donors (Lipinski definition) is 1. The minimum absolute atomic E-state index is 0.107. The van der Waals surface area contributed by atoms with E-state index in [0.29, 0.717) is 13.1 Å². The molecule has 1 aliphatic rings. The number of nitrogens with zero attached hydrogens (tertiary/aromatic N) is 1. The summed E-state index contributed by atoms with van der Waals surface area (Å²) in [6, 6.07) is 6.61. The molecule has 2 N–H and O–H groups in total. The van der Waals surface area contributed by atoms with Gasteiger partial charge in [0, 0.05) is 20.1 Å². The van der Waals surface area contributed by atoms with Crippen LogP contribution in [0, 0.1) is 5.41 Å². The third-order valence-corrected chi connectivity index (χ3v) is 4.02. The van der Waals surface area contributed by atoms with Crippen LogP contribution in [0.5, 0.6) is 0 Å². The van der Waals surface area contributed by atoms with Crippen LogP contribution in [0.2, 0.25) is 0 Å². The lowest BCUT2D eigenvalue weighted by atomic mass is 9.92. The Morgan fingerprint density at radius 1 is 1.32 bits per heavy atom. The first-order valence-corrected chi connectivity index (χ1v) is 7.00. The summed E-state index contributed by atoms with van der Waals surface area (Å²) in [5, 5.41) is 0. The van der Waals surface area contributed by atoms with Crippen molar-refractivity contribution < 1.29 is 4.79 Å². The zero-order chi connectivity index (χ0) is 14.0. The van der Waals surface area contributed by atoms with Crippen molar-refractivity contribution in [3.05, 3.63) is 34.9 Å². The highest BCUT2D eigenvalue weighted by Gasteiger charge is 2.28. The Balaban J connectivity index is 2.07. The van der Waals surface area contributed by atoms with Gasteiger partial charge in [0.25, 0.3) is 0 Å². The van der Waals surface area contributed by atoms with Crippen LogP contribution in [0.4, 0.5) is 0 Å². The Morgan fingerprint density at radius 2 is 2.00 bits per heavy atom. The van der Waals surface area contributed by atoms with Crippen molar-refractivity contribution in [1.29, 1.82) is 0 Å². The Hall–Kier alpha value is -1.35. The summed E-state index contributed by atoms with van der Waals surface area (Å²) in [4.78, 5) is 14.1. The molecule has 19 heavy (non-hydrogen) atoms. The maximum absolute atomic E-state index is 12.3.